The fraction of sp³-hybridized carbons (Fsp3) is 0.700. The van der Waals surface area contributed by atoms with Crippen molar-refractivity contribution in [1.82, 2.24) is 4.90 Å². The van der Waals surface area contributed by atoms with E-state index in [1.54, 1.807) is 0 Å². The molecule has 1 N–H and O–H groups in total. The van der Waals surface area contributed by atoms with Crippen molar-refractivity contribution in [2.24, 2.45) is 5.92 Å². The zero-order chi connectivity index (χ0) is 11.6. The van der Waals surface area contributed by atoms with Gasteiger partial charge in [-0.1, -0.05) is 13.8 Å². The summed E-state index contributed by atoms with van der Waals surface area (Å²) in [4.78, 5) is 34.6. The van der Waals surface area contributed by atoms with Crippen molar-refractivity contribution >= 4 is 17.8 Å². The van der Waals surface area contributed by atoms with Gasteiger partial charge in [-0.3, -0.25) is 19.3 Å². The minimum atomic E-state index is -0.985. The monoisotopic (exact) mass is 213 g/mol. The van der Waals surface area contributed by atoms with Crippen molar-refractivity contribution < 1.29 is 19.5 Å². The highest BCUT2D eigenvalue weighted by Gasteiger charge is 2.37. The van der Waals surface area contributed by atoms with Gasteiger partial charge in [-0.15, -0.1) is 0 Å². The summed E-state index contributed by atoms with van der Waals surface area (Å²) >= 11 is 0. The van der Waals surface area contributed by atoms with Gasteiger partial charge >= 0.3 is 5.97 Å². The van der Waals surface area contributed by atoms with Gasteiger partial charge in [0.25, 0.3) is 0 Å². The second kappa shape index (κ2) is 4.42. The molecule has 0 saturated carbocycles. The van der Waals surface area contributed by atoms with Gasteiger partial charge in [-0.25, -0.2) is 0 Å². The van der Waals surface area contributed by atoms with Gasteiger partial charge in [0, 0.05) is 12.8 Å². The van der Waals surface area contributed by atoms with Gasteiger partial charge in [0.15, 0.2) is 0 Å². The van der Waals surface area contributed by atoms with Crippen molar-refractivity contribution in [3.8, 4) is 0 Å². The fourth-order valence-electron chi connectivity index (χ4n) is 1.77. The number of aliphatic carboxylic acids is 1. The summed E-state index contributed by atoms with van der Waals surface area (Å²) in [6, 6.07) is -0.509. The molecule has 1 saturated heterocycles. The summed E-state index contributed by atoms with van der Waals surface area (Å²) in [6.45, 7) is 3.62. The summed E-state index contributed by atoms with van der Waals surface area (Å²) in [5.74, 6) is -1.52. The van der Waals surface area contributed by atoms with Crippen LogP contribution in [0.4, 0.5) is 0 Å². The van der Waals surface area contributed by atoms with E-state index >= 15 is 0 Å². The van der Waals surface area contributed by atoms with Crippen LogP contribution in [-0.4, -0.2) is 33.8 Å². The lowest BCUT2D eigenvalue weighted by atomic mass is 9.99. The largest absolute Gasteiger partial charge is 0.481 e. The van der Waals surface area contributed by atoms with Crippen molar-refractivity contribution in [3.05, 3.63) is 0 Å². The molecule has 0 spiro atoms. The van der Waals surface area contributed by atoms with Gasteiger partial charge in [0.2, 0.25) is 11.8 Å². The van der Waals surface area contributed by atoms with Gasteiger partial charge < -0.3 is 5.11 Å². The molecule has 0 aromatic heterocycles. The normalized spacial score (nSPS) is 18.7. The van der Waals surface area contributed by atoms with Crippen LogP contribution in [0.5, 0.6) is 0 Å². The summed E-state index contributed by atoms with van der Waals surface area (Å²) < 4.78 is 0. The number of carboxylic acids is 1. The minimum absolute atomic E-state index is 0.0351. The Bertz CT molecular complexity index is 282. The van der Waals surface area contributed by atoms with Gasteiger partial charge in [-0.05, 0) is 5.92 Å². The summed E-state index contributed by atoms with van der Waals surface area (Å²) in [5, 5.41) is 8.72. The zero-order valence-corrected chi connectivity index (χ0v) is 8.90. The van der Waals surface area contributed by atoms with Crippen LogP contribution >= 0.6 is 0 Å². The first kappa shape index (κ1) is 11.7. The van der Waals surface area contributed by atoms with E-state index < -0.39 is 12.0 Å². The molecule has 0 bridgehead atoms. The van der Waals surface area contributed by atoms with Crippen LogP contribution in [0.3, 0.4) is 0 Å². The van der Waals surface area contributed by atoms with E-state index in [1.807, 2.05) is 13.8 Å². The number of hydrogen-bond acceptors (Lipinski definition) is 3. The number of imide groups is 1. The lowest BCUT2D eigenvalue weighted by Gasteiger charge is -2.28. The Balaban J connectivity index is 2.83. The smallest absolute Gasteiger partial charge is 0.305 e. The SMILES string of the molecule is CC(C)C(CC(=O)O)N1C(=O)CCC1=O. The Kier molecular flexibility index (Phi) is 3.44. The number of carbonyl (C=O) groups excluding carboxylic acids is 2. The summed E-state index contributed by atoms with van der Waals surface area (Å²) in [5.41, 5.74) is 0. The van der Waals surface area contributed by atoms with E-state index in [2.05, 4.69) is 0 Å². The van der Waals surface area contributed by atoms with Crippen LogP contribution in [0.15, 0.2) is 0 Å². The topological polar surface area (TPSA) is 74.7 Å². The van der Waals surface area contributed by atoms with E-state index in [4.69, 9.17) is 5.11 Å². The molecule has 5 heteroatoms. The first-order valence-corrected chi connectivity index (χ1v) is 5.00. The molecule has 0 aromatic carbocycles. The Hall–Kier alpha value is -1.39. The maximum Gasteiger partial charge on any atom is 0.305 e. The Labute approximate surface area is 88.1 Å². The van der Waals surface area contributed by atoms with Gasteiger partial charge in [0.05, 0.1) is 12.5 Å². The van der Waals surface area contributed by atoms with Crippen LogP contribution in [0, 0.1) is 5.92 Å². The number of amides is 2. The predicted octanol–water partition coefficient (Wildman–Crippen LogP) is 0.635. The molecule has 0 radical (unpaired) electrons. The molecule has 1 rings (SSSR count). The van der Waals surface area contributed by atoms with E-state index in [1.165, 1.54) is 0 Å². The quantitative estimate of drug-likeness (QED) is 0.695. The molecule has 15 heavy (non-hydrogen) atoms. The zero-order valence-electron chi connectivity index (χ0n) is 8.90. The van der Waals surface area contributed by atoms with E-state index in [0.29, 0.717) is 0 Å². The highest BCUT2D eigenvalue weighted by molar-refractivity contribution is 6.02. The van der Waals surface area contributed by atoms with Crippen LogP contribution in [0.1, 0.15) is 33.1 Å². The molecule has 1 fully saturated rings. The second-order valence-electron chi connectivity index (χ2n) is 4.07. The van der Waals surface area contributed by atoms with E-state index in [0.717, 1.165) is 4.90 Å². The third kappa shape index (κ3) is 2.55. The molecule has 0 aromatic rings. The minimum Gasteiger partial charge on any atom is -0.481 e. The average Bonchev–Trinajstić information content (AvgIpc) is 2.42. The molecule has 1 heterocycles. The predicted molar refractivity (Wildman–Crippen MR) is 52.0 cm³/mol. The molecule has 5 nitrogen and oxygen atoms in total. The van der Waals surface area contributed by atoms with Crippen molar-refractivity contribution in [1.29, 1.82) is 0 Å². The van der Waals surface area contributed by atoms with Crippen molar-refractivity contribution in [2.45, 2.75) is 39.2 Å². The van der Waals surface area contributed by atoms with Crippen LogP contribution in [0.2, 0.25) is 0 Å². The highest BCUT2D eigenvalue weighted by Crippen LogP contribution is 2.22. The third-order valence-electron chi connectivity index (χ3n) is 2.58. The molecule has 2 amide bonds. The Morgan fingerprint density at radius 3 is 2.13 bits per heavy atom. The molecular formula is C10H15NO4. The first-order chi connectivity index (χ1) is 6.93. The number of rotatable bonds is 4. The average molecular weight is 213 g/mol. The van der Waals surface area contributed by atoms with Gasteiger partial charge in [-0.2, -0.15) is 0 Å². The summed E-state index contributed by atoms with van der Waals surface area (Å²) in [7, 11) is 0. The van der Waals surface area contributed by atoms with Crippen molar-refractivity contribution in [2.75, 3.05) is 0 Å². The Morgan fingerprint density at radius 1 is 1.33 bits per heavy atom. The molecule has 0 aliphatic carbocycles. The summed E-state index contributed by atoms with van der Waals surface area (Å²) in [6.07, 6.45) is 0.249. The number of carbonyl (C=O) groups is 3. The number of carboxylic acid groups (broad SMARTS) is 1. The van der Waals surface area contributed by atoms with E-state index in [9.17, 15) is 14.4 Å². The van der Waals surface area contributed by atoms with Crippen LogP contribution in [0.25, 0.3) is 0 Å². The maximum absolute atomic E-state index is 11.4. The first-order valence-electron chi connectivity index (χ1n) is 5.00. The highest BCUT2D eigenvalue weighted by atomic mass is 16.4. The number of hydrogen-bond donors (Lipinski definition) is 1. The molecule has 1 aliphatic heterocycles. The number of likely N-dealkylation sites (tertiary alicyclic amines) is 1. The molecule has 1 unspecified atom stereocenters. The van der Waals surface area contributed by atoms with Crippen LogP contribution < -0.4 is 0 Å². The molecule has 1 aliphatic rings. The van der Waals surface area contributed by atoms with Crippen molar-refractivity contribution in [3.63, 3.8) is 0 Å². The lowest BCUT2D eigenvalue weighted by molar-refractivity contribution is -0.145. The lowest BCUT2D eigenvalue weighted by Crippen LogP contribution is -2.43. The fourth-order valence-corrected chi connectivity index (χ4v) is 1.77. The van der Waals surface area contributed by atoms with Gasteiger partial charge in [0.1, 0.15) is 0 Å². The molecular weight excluding hydrogens is 198 g/mol. The second-order valence-corrected chi connectivity index (χ2v) is 4.07. The molecule has 84 valence electrons. The maximum atomic E-state index is 11.4. The third-order valence-corrected chi connectivity index (χ3v) is 2.58. The molecule has 1 atom stereocenters. The van der Waals surface area contributed by atoms with E-state index in [-0.39, 0.29) is 37.0 Å². The van der Waals surface area contributed by atoms with Crippen LogP contribution in [-0.2, 0) is 14.4 Å². The number of nitrogens with zero attached hydrogens (tertiary/aromatic N) is 1. The standard InChI is InChI=1S/C10H15NO4/c1-6(2)7(5-10(14)15)11-8(12)3-4-9(11)13/h6-7H,3-5H2,1-2H3,(H,14,15). The Morgan fingerprint density at radius 2 is 1.80 bits per heavy atom.